The number of aryl methyl sites for hydroxylation is 2. The maximum atomic E-state index is 13.0. The van der Waals surface area contributed by atoms with E-state index in [0.29, 0.717) is 17.7 Å². The highest BCUT2D eigenvalue weighted by Crippen LogP contribution is 2.44. The fourth-order valence-corrected chi connectivity index (χ4v) is 6.98. The number of rotatable bonds is 7. The molecule has 2 aromatic heterocycles. The molecule has 4 heterocycles. The van der Waals surface area contributed by atoms with Crippen LogP contribution in [0.3, 0.4) is 0 Å². The van der Waals surface area contributed by atoms with Crippen molar-refractivity contribution >= 4 is 74.7 Å². The summed E-state index contributed by atoms with van der Waals surface area (Å²) in [6.07, 6.45) is 0.901. The van der Waals surface area contributed by atoms with E-state index < -0.39 is 29.9 Å². The molecule has 180 valence electrons. The van der Waals surface area contributed by atoms with Crippen LogP contribution >= 0.6 is 46.0 Å². The van der Waals surface area contributed by atoms with Crippen molar-refractivity contribution in [3.05, 3.63) is 31.2 Å². The van der Waals surface area contributed by atoms with E-state index in [2.05, 4.69) is 20.4 Å². The standard InChI is InChI=1S/C19H19ClN6O5S3/c1-6-7(2)32-19(22-6)33-9-5-4-8-10(16(28)26(8)13(9)17(29)30)23-15(27)12(25-31-3)11-14(20)34-18(21)24-11/h8,10H,4-5H2,1-3H3,(H2,21,24)(H,23,27)(H,29,30). The minimum Gasteiger partial charge on any atom is -0.477 e. The number of hydrogen-bond donors (Lipinski definition) is 3. The first kappa shape index (κ1) is 24.4. The molecule has 11 nitrogen and oxygen atoms in total. The Morgan fingerprint density at radius 1 is 1.35 bits per heavy atom. The number of aromatic nitrogens is 2. The van der Waals surface area contributed by atoms with Crippen molar-refractivity contribution in [2.75, 3.05) is 12.8 Å². The maximum Gasteiger partial charge on any atom is 0.353 e. The lowest BCUT2D eigenvalue weighted by Crippen LogP contribution is -2.72. The molecule has 4 rings (SSSR count). The van der Waals surface area contributed by atoms with Crippen LogP contribution in [0.1, 0.15) is 29.1 Å². The Labute approximate surface area is 211 Å². The Kier molecular flexibility index (Phi) is 6.85. The third-order valence-electron chi connectivity index (χ3n) is 5.32. The predicted octanol–water partition coefficient (Wildman–Crippen LogP) is 2.38. The molecule has 2 aromatic rings. The summed E-state index contributed by atoms with van der Waals surface area (Å²) < 4.78 is 0.868. The highest BCUT2D eigenvalue weighted by Gasteiger charge is 2.54. The van der Waals surface area contributed by atoms with Crippen LogP contribution in [0.5, 0.6) is 0 Å². The van der Waals surface area contributed by atoms with Gasteiger partial charge in [-0.2, -0.15) is 0 Å². The number of nitrogens with two attached hydrogens (primary N) is 1. The van der Waals surface area contributed by atoms with Gasteiger partial charge in [0.2, 0.25) is 0 Å². The van der Waals surface area contributed by atoms with Crippen molar-refractivity contribution in [3.63, 3.8) is 0 Å². The summed E-state index contributed by atoms with van der Waals surface area (Å²) in [5.74, 6) is -2.47. The molecule has 1 fully saturated rings. The SMILES string of the molecule is CON=C(C(=O)NC1C(=O)N2C(C(=O)O)=C(Sc3nc(C)c(C)s3)CCC12)c1nc(N)sc1Cl. The van der Waals surface area contributed by atoms with Gasteiger partial charge < -0.3 is 21.0 Å². The molecule has 1 saturated heterocycles. The average Bonchev–Trinajstić information content (AvgIpc) is 3.28. The quantitative estimate of drug-likeness (QED) is 0.271. The number of carbonyl (C=O) groups is 3. The van der Waals surface area contributed by atoms with E-state index in [4.69, 9.17) is 22.2 Å². The van der Waals surface area contributed by atoms with E-state index in [0.717, 1.165) is 26.2 Å². The number of carbonyl (C=O) groups excluding carboxylic acids is 2. The normalized spacial score (nSPS) is 20.2. The number of hydrogen-bond acceptors (Lipinski definition) is 11. The molecule has 2 aliphatic heterocycles. The Hall–Kier alpha value is -2.68. The number of carboxylic acids is 1. The van der Waals surface area contributed by atoms with E-state index >= 15 is 0 Å². The van der Waals surface area contributed by atoms with Crippen LogP contribution in [-0.4, -0.2) is 62.7 Å². The smallest absolute Gasteiger partial charge is 0.353 e. The largest absolute Gasteiger partial charge is 0.477 e. The van der Waals surface area contributed by atoms with Crippen LogP contribution in [0, 0.1) is 13.8 Å². The van der Waals surface area contributed by atoms with Crippen LogP contribution in [0.4, 0.5) is 5.13 Å². The molecule has 0 bridgehead atoms. The minimum atomic E-state index is -1.21. The van der Waals surface area contributed by atoms with Gasteiger partial charge in [0.05, 0.1) is 11.7 Å². The number of nitrogens with zero attached hydrogens (tertiary/aromatic N) is 4. The van der Waals surface area contributed by atoms with E-state index in [-0.39, 0.29) is 26.6 Å². The van der Waals surface area contributed by atoms with Crippen molar-refractivity contribution in [1.82, 2.24) is 20.2 Å². The number of carboxylic acid groups (broad SMARTS) is 1. The Bertz CT molecular complexity index is 1240. The Morgan fingerprint density at radius 2 is 2.09 bits per heavy atom. The van der Waals surface area contributed by atoms with Crippen LogP contribution in [-0.2, 0) is 19.2 Å². The molecule has 34 heavy (non-hydrogen) atoms. The Balaban J connectivity index is 1.55. The molecule has 2 aliphatic rings. The molecule has 2 unspecified atom stereocenters. The number of allylic oxidation sites excluding steroid dienone is 1. The van der Waals surface area contributed by atoms with E-state index in [9.17, 15) is 19.5 Å². The van der Waals surface area contributed by atoms with Gasteiger partial charge in [-0.15, -0.1) is 11.3 Å². The topological polar surface area (TPSA) is 160 Å². The van der Waals surface area contributed by atoms with Gasteiger partial charge in [0.25, 0.3) is 11.8 Å². The van der Waals surface area contributed by atoms with Gasteiger partial charge in [-0.05, 0) is 26.7 Å². The van der Waals surface area contributed by atoms with E-state index in [1.54, 1.807) is 0 Å². The molecular formula is C19H19ClN6O5S3. The van der Waals surface area contributed by atoms with Crippen LogP contribution in [0.25, 0.3) is 0 Å². The number of nitrogens with one attached hydrogen (secondary N) is 1. The van der Waals surface area contributed by atoms with Crippen LogP contribution in [0.15, 0.2) is 20.1 Å². The summed E-state index contributed by atoms with van der Waals surface area (Å²) in [7, 11) is 1.25. The number of nitrogen functional groups attached to an aromatic ring is 1. The first-order chi connectivity index (χ1) is 16.1. The number of anilines is 1. The number of thioether (sulfide) groups is 1. The molecule has 0 spiro atoms. The van der Waals surface area contributed by atoms with Crippen molar-refractivity contribution in [3.8, 4) is 0 Å². The summed E-state index contributed by atoms with van der Waals surface area (Å²) in [4.78, 5) is 54.0. The molecule has 0 aromatic carbocycles. The number of oxime groups is 1. The Morgan fingerprint density at radius 3 is 2.65 bits per heavy atom. The first-order valence-corrected chi connectivity index (χ1v) is 12.7. The number of aliphatic carboxylic acids is 1. The monoisotopic (exact) mass is 542 g/mol. The first-order valence-electron chi connectivity index (χ1n) is 9.88. The lowest BCUT2D eigenvalue weighted by Gasteiger charge is -2.50. The van der Waals surface area contributed by atoms with Crippen LogP contribution in [0.2, 0.25) is 4.34 Å². The maximum absolute atomic E-state index is 13.0. The lowest BCUT2D eigenvalue weighted by atomic mass is 9.86. The van der Waals surface area contributed by atoms with Crippen LogP contribution < -0.4 is 11.1 Å². The number of fused-ring (bicyclic) bond motifs is 1. The van der Waals surface area contributed by atoms with E-state index in [1.165, 1.54) is 35.1 Å². The molecule has 0 radical (unpaired) electrons. The molecule has 4 N–H and O–H groups in total. The number of amides is 2. The molecule has 0 aliphatic carbocycles. The van der Waals surface area contributed by atoms with Gasteiger partial charge in [-0.25, -0.2) is 14.8 Å². The third kappa shape index (κ3) is 4.37. The van der Waals surface area contributed by atoms with Gasteiger partial charge in [0.15, 0.2) is 15.2 Å². The van der Waals surface area contributed by atoms with Gasteiger partial charge in [0, 0.05) is 9.78 Å². The highest BCUT2D eigenvalue weighted by molar-refractivity contribution is 8.04. The van der Waals surface area contributed by atoms with Gasteiger partial charge >= 0.3 is 5.97 Å². The van der Waals surface area contributed by atoms with Crippen molar-refractivity contribution in [1.29, 1.82) is 0 Å². The van der Waals surface area contributed by atoms with Gasteiger partial charge in [-0.3, -0.25) is 14.5 Å². The summed E-state index contributed by atoms with van der Waals surface area (Å²) in [6.45, 7) is 3.83. The second kappa shape index (κ2) is 9.52. The highest BCUT2D eigenvalue weighted by atomic mass is 35.5. The number of halogens is 1. The molecule has 0 saturated carbocycles. The van der Waals surface area contributed by atoms with Crippen molar-refractivity contribution in [2.24, 2.45) is 5.16 Å². The van der Waals surface area contributed by atoms with Gasteiger partial charge in [-0.1, -0.05) is 39.9 Å². The fourth-order valence-electron chi connectivity index (χ4n) is 3.68. The summed E-state index contributed by atoms with van der Waals surface area (Å²) in [6, 6.07) is -1.43. The second-order valence-corrected chi connectivity index (χ2v) is 11.5. The fraction of sp³-hybridized carbons (Fsp3) is 0.368. The molecular weight excluding hydrogens is 524 g/mol. The minimum absolute atomic E-state index is 0.0367. The zero-order valence-corrected chi connectivity index (χ0v) is 21.3. The lowest BCUT2D eigenvalue weighted by molar-refractivity contribution is -0.155. The summed E-state index contributed by atoms with van der Waals surface area (Å²) in [5.41, 5.74) is 6.26. The predicted molar refractivity (Wildman–Crippen MR) is 129 cm³/mol. The second-order valence-electron chi connectivity index (χ2n) is 7.36. The molecule has 15 heteroatoms. The third-order valence-corrected chi connectivity index (χ3v) is 8.69. The van der Waals surface area contributed by atoms with Crippen molar-refractivity contribution in [2.45, 2.75) is 43.1 Å². The summed E-state index contributed by atoms with van der Waals surface area (Å²) >= 11 is 9.80. The number of thiazole rings is 2. The molecule has 2 atom stereocenters. The van der Waals surface area contributed by atoms with Crippen molar-refractivity contribution < 1.29 is 24.3 Å². The average molecular weight is 543 g/mol. The number of β-lactam (4-membered cyclic amide) rings is 1. The van der Waals surface area contributed by atoms with E-state index in [1.807, 2.05) is 13.8 Å². The zero-order valence-electron chi connectivity index (χ0n) is 18.1. The molecule has 2 amide bonds. The zero-order chi connectivity index (χ0) is 24.7. The summed E-state index contributed by atoms with van der Waals surface area (Å²) in [5, 5.41) is 16.3. The van der Waals surface area contributed by atoms with Gasteiger partial charge in [0.1, 0.15) is 28.9 Å².